The summed E-state index contributed by atoms with van der Waals surface area (Å²) in [7, 11) is 0. The number of hydrogen-bond donors (Lipinski definition) is 0. The van der Waals surface area contributed by atoms with Crippen LogP contribution in [0.2, 0.25) is 0 Å². The molecule has 1 unspecified atom stereocenters. The maximum atomic E-state index is 13.0. The van der Waals surface area contributed by atoms with Crippen LogP contribution in [0, 0.1) is 0 Å². The van der Waals surface area contributed by atoms with Crippen molar-refractivity contribution in [2.75, 3.05) is 0 Å². The number of aromatic nitrogens is 4. The molecule has 30 heavy (non-hydrogen) atoms. The smallest absolute Gasteiger partial charge is 0.365 e. The summed E-state index contributed by atoms with van der Waals surface area (Å²) in [4.78, 5) is 4.23. The van der Waals surface area contributed by atoms with Gasteiger partial charge in [0.05, 0.1) is 24.4 Å². The van der Waals surface area contributed by atoms with Crippen molar-refractivity contribution in [1.82, 2.24) is 19.9 Å². The van der Waals surface area contributed by atoms with Crippen molar-refractivity contribution >= 4 is 0 Å². The van der Waals surface area contributed by atoms with Crippen molar-refractivity contribution in [3.63, 3.8) is 0 Å². The van der Waals surface area contributed by atoms with Crippen molar-refractivity contribution in [2.24, 2.45) is 0 Å². The van der Waals surface area contributed by atoms with Crippen molar-refractivity contribution in [1.29, 1.82) is 0 Å². The van der Waals surface area contributed by atoms with E-state index in [1.807, 2.05) is 35.0 Å². The molecule has 0 saturated carbocycles. The summed E-state index contributed by atoms with van der Waals surface area (Å²) < 4.78 is 51.9. The minimum absolute atomic E-state index is 0.0699. The Balaban J connectivity index is 1.40. The van der Waals surface area contributed by atoms with Gasteiger partial charge in [0.15, 0.2) is 5.69 Å². The minimum atomic E-state index is -4.44. The summed E-state index contributed by atoms with van der Waals surface area (Å²) in [6, 6.07) is 16.4. The quantitative estimate of drug-likeness (QED) is 0.479. The van der Waals surface area contributed by atoms with Gasteiger partial charge in [0.2, 0.25) is 5.82 Å². The second kappa shape index (κ2) is 7.10. The highest BCUT2D eigenvalue weighted by molar-refractivity contribution is 5.59. The molecule has 152 valence electrons. The molecule has 0 aliphatic carbocycles. The summed E-state index contributed by atoms with van der Waals surface area (Å²) in [5.41, 5.74) is 1.82. The standard InChI is InChI=1S/C21H15F3N4O2/c22-21(23,24)15-8-4-7-14(9-15)19-25-20(30-27-19)17-10-16-12-29-18(11-28(16)26-17)13-5-2-1-3-6-13/h1-10,18H,11-12H2. The predicted octanol–water partition coefficient (Wildman–Crippen LogP) is 4.89. The first-order valence-corrected chi connectivity index (χ1v) is 9.22. The summed E-state index contributed by atoms with van der Waals surface area (Å²) in [6.45, 7) is 0.912. The fraction of sp³-hybridized carbons (Fsp3) is 0.190. The number of rotatable bonds is 3. The lowest BCUT2D eigenvalue weighted by Crippen LogP contribution is -2.21. The van der Waals surface area contributed by atoms with Crippen LogP contribution in [0.1, 0.15) is 22.9 Å². The Morgan fingerprint density at radius 2 is 1.83 bits per heavy atom. The second-order valence-corrected chi connectivity index (χ2v) is 6.92. The molecule has 1 atom stereocenters. The van der Waals surface area contributed by atoms with Gasteiger partial charge < -0.3 is 9.26 Å². The van der Waals surface area contributed by atoms with Gasteiger partial charge in [-0.05, 0) is 23.8 Å². The lowest BCUT2D eigenvalue weighted by Gasteiger charge is -2.24. The van der Waals surface area contributed by atoms with E-state index in [1.54, 1.807) is 6.07 Å². The lowest BCUT2D eigenvalue weighted by atomic mass is 10.1. The molecule has 3 heterocycles. The normalized spacial score (nSPS) is 16.4. The molecule has 2 aromatic heterocycles. The molecule has 0 fully saturated rings. The van der Waals surface area contributed by atoms with Crippen LogP contribution in [0.4, 0.5) is 13.2 Å². The second-order valence-electron chi connectivity index (χ2n) is 6.92. The fourth-order valence-corrected chi connectivity index (χ4v) is 3.38. The van der Waals surface area contributed by atoms with E-state index in [0.29, 0.717) is 18.8 Å². The predicted molar refractivity (Wildman–Crippen MR) is 99.9 cm³/mol. The molecule has 6 nitrogen and oxygen atoms in total. The monoisotopic (exact) mass is 412 g/mol. The summed E-state index contributed by atoms with van der Waals surface area (Å²) in [6.07, 6.45) is -4.56. The van der Waals surface area contributed by atoms with E-state index in [0.717, 1.165) is 23.4 Å². The van der Waals surface area contributed by atoms with E-state index < -0.39 is 11.7 Å². The molecule has 5 rings (SSSR count). The van der Waals surface area contributed by atoms with Crippen LogP contribution >= 0.6 is 0 Å². The van der Waals surface area contributed by atoms with Crippen LogP contribution in [-0.2, 0) is 24.1 Å². The zero-order valence-electron chi connectivity index (χ0n) is 15.5. The number of fused-ring (bicyclic) bond motifs is 1. The molecule has 1 aliphatic rings. The van der Waals surface area contributed by atoms with Crippen LogP contribution in [0.15, 0.2) is 65.2 Å². The number of alkyl halides is 3. The van der Waals surface area contributed by atoms with Crippen LogP contribution in [0.3, 0.4) is 0 Å². The van der Waals surface area contributed by atoms with Crippen molar-refractivity contribution < 1.29 is 22.4 Å². The molecular weight excluding hydrogens is 397 g/mol. The van der Waals surface area contributed by atoms with E-state index in [2.05, 4.69) is 15.2 Å². The molecule has 0 radical (unpaired) electrons. The Labute approximate surface area is 168 Å². The van der Waals surface area contributed by atoms with Gasteiger partial charge in [-0.25, -0.2) is 0 Å². The van der Waals surface area contributed by atoms with E-state index in [9.17, 15) is 13.2 Å². The maximum absolute atomic E-state index is 13.0. The molecule has 0 amide bonds. The van der Waals surface area contributed by atoms with Crippen LogP contribution < -0.4 is 0 Å². The summed E-state index contributed by atoms with van der Waals surface area (Å²) >= 11 is 0. The third-order valence-electron chi connectivity index (χ3n) is 4.90. The first kappa shape index (κ1) is 18.6. The third-order valence-corrected chi connectivity index (χ3v) is 4.90. The number of hydrogen-bond acceptors (Lipinski definition) is 5. The summed E-state index contributed by atoms with van der Waals surface area (Å²) in [5.74, 6) is 0.209. The Morgan fingerprint density at radius 3 is 2.63 bits per heavy atom. The van der Waals surface area contributed by atoms with Gasteiger partial charge in [-0.3, -0.25) is 4.68 Å². The maximum Gasteiger partial charge on any atom is 0.416 e. The van der Waals surface area contributed by atoms with Gasteiger partial charge in [0.25, 0.3) is 5.89 Å². The Kier molecular flexibility index (Phi) is 4.39. The first-order chi connectivity index (χ1) is 14.5. The van der Waals surface area contributed by atoms with Gasteiger partial charge in [0, 0.05) is 5.56 Å². The highest BCUT2D eigenvalue weighted by atomic mass is 19.4. The molecular formula is C21H15F3N4O2. The van der Waals surface area contributed by atoms with E-state index in [-0.39, 0.29) is 23.4 Å². The van der Waals surface area contributed by atoms with Crippen LogP contribution in [-0.4, -0.2) is 19.9 Å². The van der Waals surface area contributed by atoms with Crippen LogP contribution in [0.25, 0.3) is 23.0 Å². The topological polar surface area (TPSA) is 66.0 Å². The lowest BCUT2D eigenvalue weighted by molar-refractivity contribution is -0.137. The summed E-state index contributed by atoms with van der Waals surface area (Å²) in [5, 5.41) is 8.34. The molecule has 4 aromatic rings. The Morgan fingerprint density at radius 1 is 1.00 bits per heavy atom. The number of benzene rings is 2. The van der Waals surface area contributed by atoms with E-state index >= 15 is 0 Å². The van der Waals surface area contributed by atoms with Gasteiger partial charge in [-0.2, -0.15) is 23.3 Å². The molecule has 1 aliphatic heterocycles. The first-order valence-electron chi connectivity index (χ1n) is 9.22. The Hall–Kier alpha value is -3.46. The molecule has 0 bridgehead atoms. The van der Waals surface area contributed by atoms with Crippen LogP contribution in [0.5, 0.6) is 0 Å². The molecule has 0 saturated heterocycles. The number of nitrogens with zero attached hydrogens (tertiary/aromatic N) is 4. The highest BCUT2D eigenvalue weighted by Crippen LogP contribution is 2.32. The van der Waals surface area contributed by atoms with Gasteiger partial charge in [-0.1, -0.05) is 47.6 Å². The number of ether oxygens (including phenoxy) is 1. The zero-order chi connectivity index (χ0) is 20.7. The highest BCUT2D eigenvalue weighted by Gasteiger charge is 2.31. The van der Waals surface area contributed by atoms with Gasteiger partial charge >= 0.3 is 6.18 Å². The zero-order valence-corrected chi connectivity index (χ0v) is 15.5. The Bertz CT molecular complexity index is 1180. The molecule has 0 spiro atoms. The fourth-order valence-electron chi connectivity index (χ4n) is 3.38. The SMILES string of the molecule is FC(F)(F)c1cccc(-c2noc(-c3cc4n(n3)CC(c3ccccc3)OC4)n2)c1. The molecule has 0 N–H and O–H groups in total. The van der Waals surface area contributed by atoms with E-state index in [1.165, 1.54) is 12.1 Å². The van der Waals surface area contributed by atoms with Gasteiger partial charge in [0.1, 0.15) is 6.10 Å². The average Bonchev–Trinajstić information content (AvgIpc) is 3.40. The van der Waals surface area contributed by atoms with Crippen molar-refractivity contribution in [2.45, 2.75) is 25.4 Å². The minimum Gasteiger partial charge on any atom is -0.365 e. The van der Waals surface area contributed by atoms with E-state index in [4.69, 9.17) is 9.26 Å². The van der Waals surface area contributed by atoms with Crippen molar-refractivity contribution in [3.8, 4) is 23.0 Å². The third kappa shape index (κ3) is 3.48. The molecule has 2 aromatic carbocycles. The average molecular weight is 412 g/mol. The van der Waals surface area contributed by atoms with Crippen molar-refractivity contribution in [3.05, 3.63) is 77.5 Å². The molecule has 9 heteroatoms. The number of halogens is 3. The van der Waals surface area contributed by atoms with Gasteiger partial charge in [-0.15, -0.1) is 0 Å². The largest absolute Gasteiger partial charge is 0.416 e.